The molecular formula is C68H94F12N4O16. The minimum Gasteiger partial charge on any atom is -0.480 e. The van der Waals surface area contributed by atoms with E-state index in [1.165, 1.54) is 14.2 Å². The van der Waals surface area contributed by atoms with Crippen molar-refractivity contribution in [2.45, 2.75) is 203 Å². The number of nitrogens with one attached hydrogen (secondary N) is 3. The minimum atomic E-state index is -4.60. The molecule has 100 heavy (non-hydrogen) atoms. The molecule has 0 aliphatic rings. The number of benzene rings is 3. The summed E-state index contributed by atoms with van der Waals surface area (Å²) in [7, 11) is 2.40. The zero-order chi connectivity index (χ0) is 77.6. The van der Waals surface area contributed by atoms with Gasteiger partial charge in [0.2, 0.25) is 0 Å². The third-order valence-electron chi connectivity index (χ3n) is 15.3. The maximum atomic E-state index is 13.5. The Bertz CT molecular complexity index is 2940. The molecule has 0 aromatic heterocycles. The van der Waals surface area contributed by atoms with Crippen LogP contribution in [-0.2, 0) is 72.3 Å². The molecule has 6 atom stereocenters. The summed E-state index contributed by atoms with van der Waals surface area (Å²) in [5, 5.41) is 24.2. The molecular weight excluding hydrogens is 1360 g/mol. The van der Waals surface area contributed by atoms with Crippen LogP contribution in [0, 0.1) is 45.3 Å². The fourth-order valence-electron chi connectivity index (χ4n) is 8.80. The fraction of sp³-hybridized carbons (Fsp3) is 0.603. The first kappa shape index (κ1) is 91.8. The molecule has 32 heteroatoms. The summed E-state index contributed by atoms with van der Waals surface area (Å²) in [5.41, 5.74) is -1.18. The predicted octanol–water partition coefficient (Wildman–Crippen LogP) is 14.8. The molecule has 7 N–H and O–H groups in total. The zero-order valence-electron chi connectivity index (χ0n) is 58.3. The highest BCUT2D eigenvalue weighted by atomic mass is 19.4. The first-order chi connectivity index (χ1) is 45.6. The number of alkyl carbamates (subject to hydrolysis) is 3. The summed E-state index contributed by atoms with van der Waals surface area (Å²) >= 11 is 0. The molecule has 0 heterocycles. The van der Waals surface area contributed by atoms with Crippen molar-refractivity contribution in [1.29, 1.82) is 0 Å². The largest absolute Gasteiger partial charge is 0.480 e. The van der Waals surface area contributed by atoms with Crippen LogP contribution in [0.2, 0.25) is 0 Å². The van der Waals surface area contributed by atoms with Crippen LogP contribution in [0.25, 0.3) is 0 Å². The van der Waals surface area contributed by atoms with Gasteiger partial charge in [0, 0.05) is 12.8 Å². The van der Waals surface area contributed by atoms with E-state index in [9.17, 15) is 95.8 Å². The van der Waals surface area contributed by atoms with E-state index < -0.39 is 162 Å². The summed E-state index contributed by atoms with van der Waals surface area (Å²) in [6.45, 7) is 14.6. The van der Waals surface area contributed by atoms with Gasteiger partial charge in [0.05, 0.1) is 59.8 Å². The van der Waals surface area contributed by atoms with E-state index in [0.717, 1.165) is 55.4 Å². The van der Waals surface area contributed by atoms with Gasteiger partial charge < -0.3 is 55.6 Å². The van der Waals surface area contributed by atoms with E-state index >= 15 is 0 Å². The van der Waals surface area contributed by atoms with Crippen LogP contribution in [0.3, 0.4) is 0 Å². The molecule has 0 fully saturated rings. The average Bonchev–Trinajstić information content (AvgIpc) is 0.839. The number of methoxy groups -OCH3 is 2. The van der Waals surface area contributed by atoms with Crippen molar-refractivity contribution in [3.05, 3.63) is 108 Å². The van der Waals surface area contributed by atoms with Crippen LogP contribution < -0.4 is 21.7 Å². The van der Waals surface area contributed by atoms with E-state index in [-0.39, 0.29) is 44.5 Å². The Morgan fingerprint density at radius 3 is 0.880 bits per heavy atom. The summed E-state index contributed by atoms with van der Waals surface area (Å²) in [4.78, 5) is 106. The van der Waals surface area contributed by atoms with Gasteiger partial charge in [0.1, 0.15) is 37.7 Å². The summed E-state index contributed by atoms with van der Waals surface area (Å²) in [6, 6.07) is 19.8. The summed E-state index contributed by atoms with van der Waals surface area (Å²) in [5.74, 6) is -6.78. The Hall–Kier alpha value is -8.19. The van der Waals surface area contributed by atoms with E-state index in [1.807, 2.05) is 38.3 Å². The highest BCUT2D eigenvalue weighted by Gasteiger charge is 2.52. The third-order valence-corrected chi connectivity index (χ3v) is 15.3. The maximum absolute atomic E-state index is 13.5. The lowest BCUT2D eigenvalue weighted by Crippen LogP contribution is -2.47. The van der Waals surface area contributed by atoms with Crippen LogP contribution >= 0.6 is 0 Å². The molecule has 3 aromatic rings. The van der Waals surface area contributed by atoms with E-state index in [1.54, 1.807) is 91.0 Å². The highest BCUT2D eigenvalue weighted by Crippen LogP contribution is 2.44. The van der Waals surface area contributed by atoms with E-state index in [4.69, 9.17) is 34.9 Å². The second-order valence-electron chi connectivity index (χ2n) is 26.9. The van der Waals surface area contributed by atoms with Gasteiger partial charge in [-0.05, 0) is 67.1 Å². The molecule has 0 saturated heterocycles. The molecule has 0 spiro atoms. The molecule has 3 rings (SSSR count). The SMILES string of the molecule is CC(C)(C[C@@H](NC(=O)OCc1ccccc1)C(=O)O)C(F)(F)F.CC(C)(C[C@H](NC(=O)OCc1ccccc1)C(=O)O)C(F)(F)F.COC(=O)[C@@H](CC(=O)[C@@H](CC(C)(C)C(F)(F)F)NC(=O)OCc1ccccc1)CC(C)C.COC(=O)[C@@H](CC(=O)[C@H](N)CC(C)(C)C(F)(F)F)CC(C)C. The monoisotopic (exact) mass is 1450 g/mol. The van der Waals surface area contributed by atoms with Gasteiger partial charge in [0.15, 0.2) is 5.78 Å². The van der Waals surface area contributed by atoms with Crippen LogP contribution in [0.1, 0.15) is 151 Å². The Balaban J connectivity index is 0.00000132. The van der Waals surface area contributed by atoms with Gasteiger partial charge in [-0.3, -0.25) is 19.2 Å². The number of ether oxygens (including phenoxy) is 5. The first-order valence-electron chi connectivity index (χ1n) is 31.2. The number of amides is 3. The number of halogens is 12. The number of ketones is 2. The topological polar surface area (TPSA) is 302 Å². The third kappa shape index (κ3) is 34.7. The molecule has 0 aliphatic heterocycles. The number of carboxylic acids is 2. The average molecular weight is 1450 g/mol. The molecule has 566 valence electrons. The number of hydrogen-bond donors (Lipinski definition) is 6. The van der Waals surface area contributed by atoms with E-state index in [2.05, 4.69) is 10.1 Å². The number of carboxylic acid groups (broad SMARTS) is 2. The van der Waals surface area contributed by atoms with Gasteiger partial charge in [-0.25, -0.2) is 24.0 Å². The van der Waals surface area contributed by atoms with Crippen molar-refractivity contribution < 1.29 is 130 Å². The Morgan fingerprint density at radius 1 is 0.400 bits per heavy atom. The molecule has 3 aromatic carbocycles. The molecule has 0 bridgehead atoms. The number of nitrogens with two attached hydrogens (primary N) is 1. The lowest BCUT2D eigenvalue weighted by Gasteiger charge is -2.32. The normalized spacial score (nSPS) is 14.0. The number of esters is 2. The number of Topliss-reactive ketones (excluding diaryl/α,β-unsaturated/α-hetero) is 2. The Kier molecular flexibility index (Phi) is 37.6. The number of hydrogen-bond acceptors (Lipinski definition) is 15. The lowest BCUT2D eigenvalue weighted by atomic mass is 9.81. The maximum Gasteiger partial charge on any atom is 0.408 e. The smallest absolute Gasteiger partial charge is 0.408 e. The standard InChI is InChI=1S/C23H32F3NO5.2C15H18F3NO4.C15H26F3NO3/c1-15(2)11-17(20(29)31-5)12-19(28)18(13-22(3,4)23(24,25)26)27-21(30)32-14-16-9-7-6-8-10-16;2*1-14(2,15(16,17)18)8-11(12(20)21)19-13(22)23-9-10-6-4-3-5-7-10;1-9(2)6-10(13(21)22-5)7-12(20)11(19)8-14(3,4)15(16,17)18/h6-10,15,17-18H,11-14H2,1-5H3,(H,27,30);2*3-7,11H,8-9H2,1-2H3,(H,19,22)(H,20,21);9-11H,6-8,19H2,1-5H3/t17-,18-;2*11-;10-,11-/m1101/s1. The van der Waals surface area contributed by atoms with Gasteiger partial charge in [-0.2, -0.15) is 52.7 Å². The summed E-state index contributed by atoms with van der Waals surface area (Å²) in [6.07, 6.45) is -24.0. The highest BCUT2D eigenvalue weighted by molar-refractivity contribution is 5.91. The molecule has 0 saturated carbocycles. The quantitative estimate of drug-likeness (QED) is 0.0198. The minimum absolute atomic E-state index is 0.0563. The summed E-state index contributed by atoms with van der Waals surface area (Å²) < 4.78 is 180. The first-order valence-corrected chi connectivity index (χ1v) is 31.2. The van der Waals surface area contributed by atoms with Crippen molar-refractivity contribution in [3.8, 4) is 0 Å². The number of alkyl halides is 12. The van der Waals surface area contributed by atoms with Crippen molar-refractivity contribution in [2.24, 2.45) is 51.1 Å². The Morgan fingerprint density at radius 2 is 0.640 bits per heavy atom. The van der Waals surface area contributed by atoms with Crippen molar-refractivity contribution in [1.82, 2.24) is 16.0 Å². The molecule has 0 unspecified atom stereocenters. The number of carbonyl (C=O) groups excluding carboxylic acids is 7. The number of aliphatic carboxylic acids is 2. The van der Waals surface area contributed by atoms with Crippen molar-refractivity contribution in [2.75, 3.05) is 14.2 Å². The van der Waals surface area contributed by atoms with Gasteiger partial charge >= 0.3 is 66.9 Å². The lowest BCUT2D eigenvalue weighted by molar-refractivity contribution is -0.216. The number of carbonyl (C=O) groups is 9. The molecule has 20 nitrogen and oxygen atoms in total. The predicted molar refractivity (Wildman–Crippen MR) is 341 cm³/mol. The van der Waals surface area contributed by atoms with Gasteiger partial charge in [-0.15, -0.1) is 0 Å². The molecule has 3 amide bonds. The zero-order valence-corrected chi connectivity index (χ0v) is 58.3. The van der Waals surface area contributed by atoms with Crippen molar-refractivity contribution >= 4 is 53.7 Å². The van der Waals surface area contributed by atoms with Crippen LogP contribution in [0.4, 0.5) is 67.1 Å². The van der Waals surface area contributed by atoms with Crippen LogP contribution in [0.15, 0.2) is 91.0 Å². The van der Waals surface area contributed by atoms with Gasteiger partial charge in [-0.1, -0.05) is 174 Å². The van der Waals surface area contributed by atoms with Gasteiger partial charge in [0.25, 0.3) is 0 Å². The molecule has 0 radical (unpaired) electrons. The van der Waals surface area contributed by atoms with Crippen molar-refractivity contribution in [3.63, 3.8) is 0 Å². The van der Waals surface area contributed by atoms with Crippen LogP contribution in [-0.4, -0.2) is 127 Å². The second-order valence-corrected chi connectivity index (χ2v) is 26.9. The molecule has 0 aliphatic carbocycles. The number of rotatable bonds is 31. The fourth-order valence-corrected chi connectivity index (χ4v) is 8.80. The Labute approximate surface area is 573 Å². The van der Waals surface area contributed by atoms with Crippen LogP contribution in [0.5, 0.6) is 0 Å². The van der Waals surface area contributed by atoms with E-state index in [0.29, 0.717) is 29.5 Å². The second kappa shape index (κ2) is 40.9.